The molecule has 4 nitrogen and oxygen atoms in total. The van der Waals surface area contributed by atoms with Gasteiger partial charge in [-0.2, -0.15) is 0 Å². The summed E-state index contributed by atoms with van der Waals surface area (Å²) in [5.74, 6) is 1.20. The number of nitrogens with zero attached hydrogens (tertiary/aromatic N) is 2. The molecule has 0 fully saturated rings. The Morgan fingerprint density at radius 2 is 2.00 bits per heavy atom. The van der Waals surface area contributed by atoms with E-state index in [0.717, 1.165) is 35.6 Å². The summed E-state index contributed by atoms with van der Waals surface area (Å²) < 4.78 is 18.5. The molecular weight excluding hydrogens is 269 g/mol. The van der Waals surface area contributed by atoms with Gasteiger partial charge in [0, 0.05) is 23.4 Å². The number of benzene rings is 1. The highest BCUT2D eigenvalue weighted by atomic mass is 19.1. The van der Waals surface area contributed by atoms with Gasteiger partial charge in [-0.25, -0.2) is 14.4 Å². The summed E-state index contributed by atoms with van der Waals surface area (Å²) in [6.45, 7) is 6.87. The Morgan fingerprint density at radius 3 is 2.62 bits per heavy atom. The third-order valence-electron chi connectivity index (χ3n) is 3.34. The number of anilines is 1. The maximum atomic E-state index is 13.5. The normalized spacial score (nSPS) is 10.5. The van der Waals surface area contributed by atoms with Gasteiger partial charge in [-0.1, -0.05) is 6.92 Å². The Hall–Kier alpha value is -2.17. The lowest BCUT2D eigenvalue weighted by molar-refractivity contribution is 0.387. The van der Waals surface area contributed by atoms with E-state index < -0.39 is 5.82 Å². The summed E-state index contributed by atoms with van der Waals surface area (Å²) in [4.78, 5) is 9.13. The van der Waals surface area contributed by atoms with Crippen molar-refractivity contribution in [2.75, 3.05) is 19.0 Å². The highest BCUT2D eigenvalue weighted by Crippen LogP contribution is 2.26. The van der Waals surface area contributed by atoms with Crippen molar-refractivity contribution in [2.24, 2.45) is 0 Å². The second-order valence-corrected chi connectivity index (χ2v) is 4.70. The number of aryl methyl sites for hydroxylation is 1. The number of halogens is 1. The maximum Gasteiger partial charge on any atom is 0.165 e. The van der Waals surface area contributed by atoms with Crippen LogP contribution in [0.5, 0.6) is 5.75 Å². The van der Waals surface area contributed by atoms with Crippen LogP contribution in [0.15, 0.2) is 18.2 Å². The molecule has 1 aromatic heterocycles. The number of methoxy groups -OCH3 is 1. The van der Waals surface area contributed by atoms with Crippen molar-refractivity contribution in [3.8, 4) is 17.1 Å². The number of hydrogen-bond donors (Lipinski definition) is 1. The van der Waals surface area contributed by atoms with Gasteiger partial charge >= 0.3 is 0 Å². The monoisotopic (exact) mass is 289 g/mol. The fourth-order valence-corrected chi connectivity index (χ4v) is 2.17. The van der Waals surface area contributed by atoms with E-state index in [-0.39, 0.29) is 5.75 Å². The summed E-state index contributed by atoms with van der Waals surface area (Å²) in [5, 5.41) is 3.24. The topological polar surface area (TPSA) is 47.0 Å². The first kappa shape index (κ1) is 15.2. The fourth-order valence-electron chi connectivity index (χ4n) is 2.17. The van der Waals surface area contributed by atoms with Crippen LogP contribution >= 0.6 is 0 Å². The van der Waals surface area contributed by atoms with Crippen LogP contribution in [0.1, 0.15) is 25.1 Å². The Kier molecular flexibility index (Phi) is 4.73. The van der Waals surface area contributed by atoms with Gasteiger partial charge in [-0.15, -0.1) is 0 Å². The van der Waals surface area contributed by atoms with E-state index in [0.29, 0.717) is 5.82 Å². The zero-order valence-corrected chi connectivity index (χ0v) is 12.8. The van der Waals surface area contributed by atoms with Gasteiger partial charge in [0.2, 0.25) is 0 Å². The van der Waals surface area contributed by atoms with Crippen LogP contribution in [-0.4, -0.2) is 23.6 Å². The molecule has 0 atom stereocenters. The van der Waals surface area contributed by atoms with Crippen LogP contribution in [0.2, 0.25) is 0 Å². The standard InChI is InChI=1S/C16H20FN3O/c1-5-13-10(3)15(18-6-2)20-16(19-13)11-7-8-12(17)14(9-11)21-4/h7-9H,5-6H2,1-4H3,(H,18,19,20). The molecule has 0 unspecified atom stereocenters. The molecule has 5 heteroatoms. The first-order valence-corrected chi connectivity index (χ1v) is 7.06. The smallest absolute Gasteiger partial charge is 0.165 e. The van der Waals surface area contributed by atoms with Crippen LogP contribution in [0.4, 0.5) is 10.2 Å². The maximum absolute atomic E-state index is 13.5. The first-order valence-electron chi connectivity index (χ1n) is 7.06. The molecule has 1 heterocycles. The highest BCUT2D eigenvalue weighted by molar-refractivity contribution is 5.61. The van der Waals surface area contributed by atoms with Crippen molar-refractivity contribution >= 4 is 5.82 Å². The van der Waals surface area contributed by atoms with Crippen LogP contribution in [0.25, 0.3) is 11.4 Å². The third kappa shape index (κ3) is 3.12. The highest BCUT2D eigenvalue weighted by Gasteiger charge is 2.12. The van der Waals surface area contributed by atoms with Crippen molar-refractivity contribution in [3.63, 3.8) is 0 Å². The van der Waals surface area contributed by atoms with E-state index in [9.17, 15) is 4.39 Å². The lowest BCUT2D eigenvalue weighted by Gasteiger charge is -2.13. The first-order chi connectivity index (χ1) is 10.1. The lowest BCUT2D eigenvalue weighted by atomic mass is 10.1. The molecule has 2 rings (SSSR count). The van der Waals surface area contributed by atoms with E-state index >= 15 is 0 Å². The van der Waals surface area contributed by atoms with Gasteiger partial charge in [-0.05, 0) is 38.5 Å². The second kappa shape index (κ2) is 6.52. The second-order valence-electron chi connectivity index (χ2n) is 4.70. The van der Waals surface area contributed by atoms with Crippen LogP contribution in [0, 0.1) is 12.7 Å². The molecule has 1 N–H and O–H groups in total. The number of rotatable bonds is 5. The van der Waals surface area contributed by atoms with Gasteiger partial charge in [0.05, 0.1) is 7.11 Å². The molecule has 0 saturated heterocycles. The fraction of sp³-hybridized carbons (Fsp3) is 0.375. The third-order valence-corrected chi connectivity index (χ3v) is 3.34. The minimum atomic E-state index is -0.393. The molecule has 0 spiro atoms. The summed E-state index contributed by atoms with van der Waals surface area (Å²) in [7, 11) is 1.44. The average Bonchev–Trinajstić information content (AvgIpc) is 2.50. The van der Waals surface area contributed by atoms with Gasteiger partial charge in [-0.3, -0.25) is 0 Å². The van der Waals surface area contributed by atoms with Crippen LogP contribution in [0.3, 0.4) is 0 Å². The Morgan fingerprint density at radius 1 is 1.24 bits per heavy atom. The number of hydrogen-bond acceptors (Lipinski definition) is 4. The van der Waals surface area contributed by atoms with Crippen molar-refractivity contribution in [2.45, 2.75) is 27.2 Å². The van der Waals surface area contributed by atoms with Gasteiger partial charge in [0.1, 0.15) is 5.82 Å². The van der Waals surface area contributed by atoms with Crippen LogP contribution < -0.4 is 10.1 Å². The summed E-state index contributed by atoms with van der Waals surface area (Å²) >= 11 is 0. The van der Waals surface area contributed by atoms with Crippen molar-refractivity contribution in [1.29, 1.82) is 0 Å². The van der Waals surface area contributed by atoms with E-state index in [2.05, 4.69) is 22.2 Å². The van der Waals surface area contributed by atoms with Crippen molar-refractivity contribution in [3.05, 3.63) is 35.3 Å². The number of aromatic nitrogens is 2. The Labute approximate surface area is 124 Å². The zero-order chi connectivity index (χ0) is 15.4. The molecule has 112 valence electrons. The van der Waals surface area contributed by atoms with E-state index in [4.69, 9.17) is 4.74 Å². The quantitative estimate of drug-likeness (QED) is 0.913. The molecule has 2 aromatic rings. The molecule has 0 bridgehead atoms. The Bertz CT molecular complexity index is 644. The van der Waals surface area contributed by atoms with E-state index in [1.54, 1.807) is 12.1 Å². The SMILES string of the molecule is CCNc1nc(-c2ccc(F)c(OC)c2)nc(CC)c1C. The molecule has 0 aliphatic carbocycles. The van der Waals surface area contributed by atoms with Gasteiger partial charge in [0.25, 0.3) is 0 Å². The minimum Gasteiger partial charge on any atom is -0.494 e. The molecule has 1 aromatic carbocycles. The van der Waals surface area contributed by atoms with Crippen LogP contribution in [-0.2, 0) is 6.42 Å². The van der Waals surface area contributed by atoms with Crippen molar-refractivity contribution in [1.82, 2.24) is 9.97 Å². The largest absolute Gasteiger partial charge is 0.494 e. The molecule has 0 radical (unpaired) electrons. The van der Waals surface area contributed by atoms with E-state index in [1.165, 1.54) is 13.2 Å². The molecule has 0 amide bonds. The minimum absolute atomic E-state index is 0.194. The number of nitrogens with one attached hydrogen (secondary N) is 1. The number of ether oxygens (including phenoxy) is 1. The van der Waals surface area contributed by atoms with Crippen molar-refractivity contribution < 1.29 is 9.13 Å². The molecule has 0 saturated carbocycles. The van der Waals surface area contributed by atoms with E-state index in [1.807, 2.05) is 13.8 Å². The summed E-state index contributed by atoms with van der Waals surface area (Å²) in [6.07, 6.45) is 0.818. The van der Waals surface area contributed by atoms with Gasteiger partial charge in [0.15, 0.2) is 17.4 Å². The average molecular weight is 289 g/mol. The summed E-state index contributed by atoms with van der Waals surface area (Å²) in [5.41, 5.74) is 2.78. The predicted molar refractivity (Wildman–Crippen MR) is 82.3 cm³/mol. The molecule has 0 aliphatic rings. The molecule has 0 aliphatic heterocycles. The zero-order valence-electron chi connectivity index (χ0n) is 12.8. The lowest BCUT2D eigenvalue weighted by Crippen LogP contribution is -2.07. The molecule has 21 heavy (non-hydrogen) atoms. The molecular formula is C16H20FN3O. The van der Waals surface area contributed by atoms with Gasteiger partial charge < -0.3 is 10.1 Å². The predicted octanol–water partition coefficient (Wildman–Crippen LogP) is 3.59. The Balaban J connectivity index is 2.55. The summed E-state index contributed by atoms with van der Waals surface area (Å²) in [6, 6.07) is 4.66.